The highest BCUT2D eigenvalue weighted by Crippen LogP contribution is 2.41. The topological polar surface area (TPSA) is 237 Å². The number of nitro benzene ring substituents is 1. The Morgan fingerprint density at radius 3 is 2.52 bits per heavy atom. The van der Waals surface area contributed by atoms with Gasteiger partial charge in [0.05, 0.1) is 4.92 Å². The first kappa shape index (κ1) is 30.0. The molecule has 2 aliphatic heterocycles. The third-order valence-corrected chi connectivity index (χ3v) is 7.83. The van der Waals surface area contributed by atoms with Gasteiger partial charge in [0.1, 0.15) is 17.1 Å². The first-order chi connectivity index (χ1) is 19.8. The van der Waals surface area contributed by atoms with E-state index in [1.807, 2.05) is 0 Å². The number of β-lactam (4-membered cyclic amide) rings is 1. The zero-order valence-corrected chi connectivity index (χ0v) is 23.4. The Hall–Kier alpha value is -4.97. The van der Waals surface area contributed by atoms with E-state index in [9.17, 15) is 39.5 Å². The summed E-state index contributed by atoms with van der Waals surface area (Å²) in [6.07, 6.45) is 1.45. The van der Waals surface area contributed by atoms with E-state index in [0.29, 0.717) is 11.1 Å². The van der Waals surface area contributed by atoms with E-state index in [0.717, 1.165) is 16.2 Å². The number of nitrogen functional groups attached to an aromatic ring is 1. The van der Waals surface area contributed by atoms with Crippen molar-refractivity contribution < 1.29 is 43.9 Å². The minimum absolute atomic E-state index is 0.00965. The second-order valence-electron chi connectivity index (χ2n) is 9.16. The molecule has 2 aliphatic rings. The van der Waals surface area contributed by atoms with Crippen LogP contribution in [-0.2, 0) is 24.0 Å². The molecule has 3 heterocycles. The highest BCUT2D eigenvalue weighted by molar-refractivity contribution is 8.00. The summed E-state index contributed by atoms with van der Waals surface area (Å²) in [7, 11) is 0. The lowest BCUT2D eigenvalue weighted by atomic mass is 10.0. The maximum Gasteiger partial charge on any atom is 0.512 e. The molecule has 5 N–H and O–H groups in total. The van der Waals surface area contributed by atoms with Crippen molar-refractivity contribution in [2.24, 2.45) is 5.16 Å². The molecule has 2 amide bonds. The molecule has 0 saturated carbocycles. The number of non-ortho nitro benzene ring substituents is 1. The van der Waals surface area contributed by atoms with Gasteiger partial charge in [0.15, 0.2) is 10.8 Å². The summed E-state index contributed by atoms with van der Waals surface area (Å²) >= 11 is 2.22. The zero-order chi connectivity index (χ0) is 30.8. The first-order valence-electron chi connectivity index (χ1n) is 11.8. The number of rotatable bonds is 10. The number of allylic oxidation sites excluding steroid dienone is 1. The number of amides is 2. The number of nitrogens with zero attached hydrogens (tertiary/aromatic N) is 4. The average molecular weight is 619 g/mol. The first-order valence-corrected chi connectivity index (χ1v) is 13.7. The summed E-state index contributed by atoms with van der Waals surface area (Å²) in [6, 6.07) is 4.51. The molecule has 0 bridgehead atoms. The molecule has 1 aromatic carbocycles. The van der Waals surface area contributed by atoms with E-state index < -0.39 is 51.6 Å². The Balaban J connectivity index is 1.55. The van der Waals surface area contributed by atoms with Crippen molar-refractivity contribution in [2.75, 3.05) is 11.5 Å². The lowest BCUT2D eigenvalue weighted by molar-refractivity contribution is -0.384. The van der Waals surface area contributed by atoms with Gasteiger partial charge in [-0.3, -0.25) is 24.6 Å². The number of ether oxygens (including phenoxy) is 1. The van der Waals surface area contributed by atoms with Crippen LogP contribution in [0.3, 0.4) is 0 Å². The van der Waals surface area contributed by atoms with Gasteiger partial charge >= 0.3 is 12.1 Å². The molecule has 4 rings (SSSR count). The van der Waals surface area contributed by atoms with E-state index in [1.54, 1.807) is 6.08 Å². The number of fused-ring (bicyclic) bond motifs is 1. The number of nitrogens with two attached hydrogens (primary N) is 1. The molecular formula is C24H22N6O10S2. The van der Waals surface area contributed by atoms with Crippen LogP contribution in [0.1, 0.15) is 25.1 Å². The van der Waals surface area contributed by atoms with E-state index >= 15 is 0 Å². The van der Waals surface area contributed by atoms with Crippen LogP contribution >= 0.6 is 23.1 Å². The lowest BCUT2D eigenvalue weighted by Crippen LogP contribution is -2.70. The normalized spacial score (nSPS) is 18.8. The maximum absolute atomic E-state index is 13.2. The molecule has 18 heteroatoms. The number of carboxylic acid groups (broad SMARTS) is 2. The molecule has 0 spiro atoms. The van der Waals surface area contributed by atoms with Crippen LogP contribution in [0, 0.1) is 10.1 Å². The largest absolute Gasteiger partial charge is 0.512 e. The fraction of sp³-hybridized carbons (Fsp3) is 0.250. The maximum atomic E-state index is 13.2. The van der Waals surface area contributed by atoms with E-state index in [2.05, 4.69) is 15.5 Å². The SMILES string of the molecule is CC(C)(ON=C(C(=O)NC1C(=O)N2C(OC(=O)O)=C(C=Cc3ccc([N+](=O)[O-])cc3)CS[C@@H]12)c1csc(N)n1)C(=O)O. The van der Waals surface area contributed by atoms with Crippen LogP contribution in [-0.4, -0.2) is 77.4 Å². The predicted molar refractivity (Wildman–Crippen MR) is 149 cm³/mol. The van der Waals surface area contributed by atoms with E-state index in [4.69, 9.17) is 15.3 Å². The Morgan fingerprint density at radius 2 is 1.95 bits per heavy atom. The van der Waals surface area contributed by atoms with Crippen LogP contribution in [0.4, 0.5) is 15.6 Å². The molecule has 1 fully saturated rings. The number of thiazole rings is 1. The number of thioether (sulfide) groups is 1. The highest BCUT2D eigenvalue weighted by Gasteiger charge is 2.54. The molecule has 1 saturated heterocycles. The standard InChI is InChI=1S/C24H22N6O10S2/c1-24(2,21(33)34)40-28-15(14-10-42-22(25)26-14)17(31)27-16-18(32)29-19(39-23(35)36)12(9-41-20(16)29)6-3-11-4-7-13(8-5-11)30(37)38/h3-8,10,16,20H,9H2,1-2H3,(H2,25,26)(H,27,31)(H,33,34)(H,35,36)/t16?,20-/m0/s1. The number of anilines is 1. The fourth-order valence-electron chi connectivity index (χ4n) is 3.61. The van der Waals surface area contributed by atoms with E-state index in [-0.39, 0.29) is 28.1 Å². The fourth-order valence-corrected chi connectivity index (χ4v) is 5.45. The average Bonchev–Trinajstić information content (AvgIpc) is 3.36. The van der Waals surface area contributed by atoms with Gasteiger partial charge in [-0.1, -0.05) is 17.3 Å². The molecule has 16 nitrogen and oxygen atoms in total. The number of benzene rings is 1. The summed E-state index contributed by atoms with van der Waals surface area (Å²) in [5.41, 5.74) is 4.27. The van der Waals surface area contributed by atoms with Gasteiger partial charge in [-0.15, -0.1) is 23.1 Å². The number of nitro groups is 1. The van der Waals surface area contributed by atoms with Gasteiger partial charge < -0.3 is 30.8 Å². The smallest absolute Gasteiger partial charge is 0.478 e. The molecule has 1 unspecified atom stereocenters. The van der Waals surface area contributed by atoms with Crippen molar-refractivity contribution in [3.05, 3.63) is 68.5 Å². The minimum Gasteiger partial charge on any atom is -0.478 e. The van der Waals surface area contributed by atoms with Crippen LogP contribution in [0.25, 0.3) is 6.08 Å². The van der Waals surface area contributed by atoms with Gasteiger partial charge in [0.2, 0.25) is 11.5 Å². The summed E-state index contributed by atoms with van der Waals surface area (Å²) in [6.45, 7) is 2.44. The second kappa shape index (κ2) is 11.9. The molecule has 1 aromatic heterocycles. The van der Waals surface area contributed by atoms with Crippen LogP contribution in [0.15, 0.2) is 52.3 Å². The van der Waals surface area contributed by atoms with E-state index in [1.165, 1.54) is 61.3 Å². The monoisotopic (exact) mass is 618 g/mol. The Kier molecular flexibility index (Phi) is 8.48. The Morgan fingerprint density at radius 1 is 1.26 bits per heavy atom. The van der Waals surface area contributed by atoms with Gasteiger partial charge in [-0.25, -0.2) is 14.6 Å². The van der Waals surface area contributed by atoms with Crippen molar-refractivity contribution in [2.45, 2.75) is 30.9 Å². The number of hydrogen-bond donors (Lipinski definition) is 4. The van der Waals surface area contributed by atoms with Crippen LogP contribution in [0.5, 0.6) is 0 Å². The van der Waals surface area contributed by atoms with Gasteiger partial charge in [0.25, 0.3) is 17.5 Å². The van der Waals surface area contributed by atoms with Crippen LogP contribution < -0.4 is 11.1 Å². The molecule has 2 aromatic rings. The zero-order valence-electron chi connectivity index (χ0n) is 21.7. The molecule has 0 radical (unpaired) electrons. The number of oxime groups is 1. The van der Waals surface area contributed by atoms with Crippen molar-refractivity contribution >= 4 is 69.6 Å². The molecule has 220 valence electrons. The van der Waals surface area contributed by atoms with Crippen molar-refractivity contribution in [1.82, 2.24) is 15.2 Å². The third-order valence-electron chi connectivity index (χ3n) is 5.86. The number of carbonyl (C=O) groups excluding carboxylic acids is 2. The number of carbonyl (C=O) groups is 4. The second-order valence-corrected chi connectivity index (χ2v) is 11.2. The van der Waals surface area contributed by atoms with Crippen molar-refractivity contribution in [3.8, 4) is 0 Å². The van der Waals surface area contributed by atoms with Gasteiger partial charge in [-0.2, -0.15) is 0 Å². The number of aliphatic carboxylic acids is 1. The number of nitrogens with one attached hydrogen (secondary N) is 1. The Labute approximate surface area is 244 Å². The predicted octanol–water partition coefficient (Wildman–Crippen LogP) is 2.24. The Bertz CT molecular complexity index is 1550. The highest BCUT2D eigenvalue weighted by atomic mass is 32.2. The number of carboxylic acids is 1. The van der Waals surface area contributed by atoms with Gasteiger partial charge in [-0.05, 0) is 31.5 Å². The third kappa shape index (κ3) is 6.33. The van der Waals surface area contributed by atoms with Crippen molar-refractivity contribution in [1.29, 1.82) is 0 Å². The molecule has 42 heavy (non-hydrogen) atoms. The lowest BCUT2D eigenvalue weighted by Gasteiger charge is -2.48. The summed E-state index contributed by atoms with van der Waals surface area (Å²) in [5.74, 6) is -2.99. The van der Waals surface area contributed by atoms with Gasteiger partial charge in [0, 0.05) is 28.8 Å². The molecule has 0 aliphatic carbocycles. The summed E-state index contributed by atoms with van der Waals surface area (Å²) in [5, 5.41) is 36.4. The minimum atomic E-state index is -1.79. The van der Waals surface area contributed by atoms with Crippen LogP contribution in [0.2, 0.25) is 0 Å². The number of hydrogen-bond acceptors (Lipinski definition) is 13. The summed E-state index contributed by atoms with van der Waals surface area (Å²) in [4.78, 5) is 69.7. The molecule has 2 atom stereocenters. The molecular weight excluding hydrogens is 596 g/mol. The summed E-state index contributed by atoms with van der Waals surface area (Å²) < 4.78 is 4.93. The number of aromatic nitrogens is 1. The quantitative estimate of drug-likeness (QED) is 0.0983. The van der Waals surface area contributed by atoms with Crippen molar-refractivity contribution in [3.63, 3.8) is 0 Å².